The average molecular weight is 1010 g/mol. The molecule has 4 aliphatic rings. The molecular formula is C64H60N6O6. The van der Waals surface area contributed by atoms with Crippen LogP contribution in [0.3, 0.4) is 0 Å². The number of carbonyl (C=O) groups excluding carboxylic acids is 6. The van der Waals surface area contributed by atoms with Crippen LogP contribution in [0, 0.1) is 0 Å². The van der Waals surface area contributed by atoms with Gasteiger partial charge in [-0.1, -0.05) is 182 Å². The molecule has 0 fully saturated rings. The van der Waals surface area contributed by atoms with Crippen molar-refractivity contribution in [1.82, 2.24) is 31.1 Å². The maximum absolute atomic E-state index is 13.4. The molecule has 4 heterocycles. The Labute approximate surface area is 443 Å². The number of rotatable bonds is 11. The van der Waals surface area contributed by atoms with E-state index in [1.54, 1.807) is 48.5 Å². The van der Waals surface area contributed by atoms with Crippen LogP contribution in [0.1, 0.15) is 98.8 Å². The van der Waals surface area contributed by atoms with Crippen LogP contribution in [-0.4, -0.2) is 45.2 Å². The fourth-order valence-corrected chi connectivity index (χ4v) is 8.50. The summed E-state index contributed by atoms with van der Waals surface area (Å²) in [5.74, 6) is -1.16. The summed E-state index contributed by atoms with van der Waals surface area (Å²) in [6.07, 6.45) is 0.358. The molecule has 0 radical (unpaired) electrons. The van der Waals surface area contributed by atoms with E-state index < -0.39 is 0 Å². The van der Waals surface area contributed by atoms with Crippen LogP contribution in [0.25, 0.3) is 0 Å². The van der Waals surface area contributed by atoms with Gasteiger partial charge in [0.25, 0.3) is 23.6 Å². The highest BCUT2D eigenvalue weighted by molar-refractivity contribution is 6.00. The fourth-order valence-electron chi connectivity index (χ4n) is 8.50. The summed E-state index contributed by atoms with van der Waals surface area (Å²) in [5, 5.41) is 11.5. The molecule has 0 aromatic heterocycles. The standard InChI is InChI=1S/C32H28N4O4.C32H32N2O2/c37-29-25-3-1-4-26(15-25)30(38)34-18-22-9-13-24(14-10-22)20-36-32(40)28-6-2-5-27(16-28)31(39)35-19-23-11-7-21(8-12-23)17-33-29;35-31(33(23-27-13-5-1-6-14-27)24-28-15-7-2-8-16-28)21-22-32(36)34(25-29-17-9-3-10-18-29)26-30-19-11-4-12-20-30/h1-16H,17-20H2,(H,33,37)(H,34,38)(H,35,39)(H,36,40);1-20H,21-26H2. The minimum atomic E-state index is -0.280. The Morgan fingerprint density at radius 3 is 0.750 bits per heavy atom. The Morgan fingerprint density at radius 2 is 0.526 bits per heavy atom. The first kappa shape index (κ1) is 52.9. The quantitative estimate of drug-likeness (QED) is 0.101. The van der Waals surface area contributed by atoms with E-state index in [9.17, 15) is 28.8 Å². The molecule has 0 saturated carbocycles. The molecule has 4 aliphatic heterocycles. The summed E-state index contributed by atoms with van der Waals surface area (Å²) in [5.41, 5.74) is 9.43. The van der Waals surface area contributed by atoms with Crippen molar-refractivity contribution in [2.45, 2.75) is 65.2 Å². The van der Waals surface area contributed by atoms with Crippen molar-refractivity contribution in [1.29, 1.82) is 0 Å². The Kier molecular flexibility index (Phi) is 18.8. The van der Waals surface area contributed by atoms with E-state index in [1.165, 1.54) is 0 Å². The third-order valence-electron chi connectivity index (χ3n) is 12.8. The normalized spacial score (nSPS) is 12.7. The zero-order valence-electron chi connectivity index (χ0n) is 42.2. The molecule has 12 heteroatoms. The van der Waals surface area contributed by atoms with E-state index in [0.29, 0.717) is 74.6 Å². The number of nitrogens with zero attached hydrogens (tertiary/aromatic N) is 2. The van der Waals surface area contributed by atoms with Crippen molar-refractivity contribution < 1.29 is 28.8 Å². The van der Waals surface area contributed by atoms with Gasteiger partial charge in [0, 0.05) is 87.5 Å². The second-order valence-electron chi connectivity index (χ2n) is 18.5. The molecule has 12 nitrogen and oxygen atoms in total. The first-order chi connectivity index (χ1) is 37.1. The first-order valence-electron chi connectivity index (χ1n) is 25.3. The van der Waals surface area contributed by atoms with Gasteiger partial charge in [0.15, 0.2) is 0 Å². The van der Waals surface area contributed by atoms with Gasteiger partial charge in [-0.15, -0.1) is 0 Å². The molecular weight excluding hydrogens is 949 g/mol. The maximum Gasteiger partial charge on any atom is 0.251 e. The summed E-state index contributed by atoms with van der Waals surface area (Å²) in [6, 6.07) is 68.2. The van der Waals surface area contributed by atoms with Crippen LogP contribution in [0.15, 0.2) is 218 Å². The Hall–Kier alpha value is -9.42. The van der Waals surface area contributed by atoms with E-state index in [-0.39, 0.29) is 48.3 Å². The molecule has 0 spiro atoms. The number of hydrogen-bond acceptors (Lipinski definition) is 6. The lowest BCUT2D eigenvalue weighted by Crippen LogP contribution is -2.33. The number of carbonyl (C=O) groups is 6. The van der Waals surface area contributed by atoms with Gasteiger partial charge in [0.1, 0.15) is 0 Å². The molecule has 8 aromatic rings. The fraction of sp³-hybridized carbons (Fsp3) is 0.156. The molecule has 382 valence electrons. The Balaban J connectivity index is 0.000000203. The summed E-state index contributed by atoms with van der Waals surface area (Å²) in [7, 11) is 0. The van der Waals surface area contributed by atoms with Crippen molar-refractivity contribution >= 4 is 35.4 Å². The van der Waals surface area contributed by atoms with Crippen molar-refractivity contribution in [2.24, 2.45) is 0 Å². The predicted octanol–water partition coefficient (Wildman–Crippen LogP) is 9.94. The van der Waals surface area contributed by atoms with Crippen LogP contribution in [0.5, 0.6) is 0 Å². The molecule has 12 rings (SSSR count). The van der Waals surface area contributed by atoms with Gasteiger partial charge in [0.2, 0.25) is 11.8 Å². The van der Waals surface area contributed by atoms with E-state index in [1.807, 2.05) is 180 Å². The van der Waals surface area contributed by atoms with Gasteiger partial charge in [-0.3, -0.25) is 28.8 Å². The Bertz CT molecular complexity index is 2800. The van der Waals surface area contributed by atoms with Crippen molar-refractivity contribution in [3.63, 3.8) is 0 Å². The van der Waals surface area contributed by atoms with Crippen LogP contribution < -0.4 is 21.3 Å². The smallest absolute Gasteiger partial charge is 0.251 e. The SMILES string of the molecule is O=C(CCC(=O)N(Cc1ccccc1)Cc1ccccc1)N(Cc1ccccc1)Cc1ccccc1.O=C1NCc2ccc(cc2)CNC(=O)c2cccc(c2)C(=O)NCc2ccc(cc2)CNC(=O)c2cccc1c2. The van der Waals surface area contributed by atoms with Crippen molar-refractivity contribution in [2.75, 3.05) is 0 Å². The third kappa shape index (κ3) is 16.0. The molecule has 0 atom stereocenters. The molecule has 76 heavy (non-hydrogen) atoms. The molecule has 0 unspecified atom stereocenters. The van der Waals surface area contributed by atoms with Gasteiger partial charge in [-0.25, -0.2) is 0 Å². The second kappa shape index (κ2) is 27.0. The second-order valence-corrected chi connectivity index (χ2v) is 18.5. The molecule has 0 saturated heterocycles. The minimum Gasteiger partial charge on any atom is -0.348 e. The summed E-state index contributed by atoms with van der Waals surface area (Å²) in [6.45, 7) is 3.31. The number of amides is 6. The van der Waals surface area contributed by atoms with Gasteiger partial charge in [0.05, 0.1) is 0 Å². The lowest BCUT2D eigenvalue weighted by molar-refractivity contribution is -0.138. The monoisotopic (exact) mass is 1010 g/mol. The lowest BCUT2D eigenvalue weighted by Gasteiger charge is -2.25. The first-order valence-corrected chi connectivity index (χ1v) is 25.3. The predicted molar refractivity (Wildman–Crippen MR) is 294 cm³/mol. The zero-order valence-corrected chi connectivity index (χ0v) is 42.2. The van der Waals surface area contributed by atoms with E-state index in [0.717, 1.165) is 44.5 Å². The van der Waals surface area contributed by atoms with Crippen LogP contribution in [0.2, 0.25) is 0 Å². The highest BCUT2D eigenvalue weighted by Gasteiger charge is 2.21. The largest absolute Gasteiger partial charge is 0.348 e. The molecule has 0 aliphatic carbocycles. The molecule has 6 amide bonds. The number of benzene rings is 8. The van der Waals surface area contributed by atoms with E-state index in [2.05, 4.69) is 21.3 Å². The third-order valence-corrected chi connectivity index (χ3v) is 12.8. The molecule has 8 bridgehead atoms. The topological polar surface area (TPSA) is 157 Å². The number of nitrogens with one attached hydrogen (secondary N) is 4. The summed E-state index contributed by atoms with van der Waals surface area (Å²) >= 11 is 0. The van der Waals surface area contributed by atoms with Gasteiger partial charge in [-0.05, 0) is 80.9 Å². The minimum absolute atomic E-state index is 0.0181. The van der Waals surface area contributed by atoms with Crippen LogP contribution in [-0.2, 0) is 61.9 Å². The lowest BCUT2D eigenvalue weighted by atomic mass is 10.1. The van der Waals surface area contributed by atoms with Crippen molar-refractivity contribution in [3.05, 3.63) is 285 Å². The summed E-state index contributed by atoms with van der Waals surface area (Å²) < 4.78 is 0. The number of hydrogen-bond donors (Lipinski definition) is 4. The van der Waals surface area contributed by atoms with E-state index in [4.69, 9.17) is 0 Å². The van der Waals surface area contributed by atoms with Crippen LogP contribution >= 0.6 is 0 Å². The average Bonchev–Trinajstić information content (AvgIpc) is 3.47. The summed E-state index contributed by atoms with van der Waals surface area (Å²) in [4.78, 5) is 81.4. The zero-order chi connectivity index (χ0) is 52.9. The highest BCUT2D eigenvalue weighted by Crippen LogP contribution is 2.17. The van der Waals surface area contributed by atoms with Crippen LogP contribution in [0.4, 0.5) is 0 Å². The van der Waals surface area contributed by atoms with Gasteiger partial charge >= 0.3 is 0 Å². The van der Waals surface area contributed by atoms with Gasteiger partial charge in [-0.2, -0.15) is 0 Å². The Morgan fingerprint density at radius 1 is 0.303 bits per heavy atom. The van der Waals surface area contributed by atoms with E-state index >= 15 is 0 Å². The van der Waals surface area contributed by atoms with Gasteiger partial charge < -0.3 is 31.1 Å². The maximum atomic E-state index is 13.4. The molecule has 4 N–H and O–H groups in total. The molecule has 8 aromatic carbocycles. The van der Waals surface area contributed by atoms with Crippen molar-refractivity contribution in [3.8, 4) is 0 Å². The highest BCUT2D eigenvalue weighted by atomic mass is 16.2.